The molecule has 0 radical (unpaired) electrons. The first kappa shape index (κ1) is 18.4. The van der Waals surface area contributed by atoms with Crippen molar-refractivity contribution in [3.63, 3.8) is 0 Å². The van der Waals surface area contributed by atoms with Crippen molar-refractivity contribution in [1.82, 2.24) is 24.6 Å². The van der Waals surface area contributed by atoms with E-state index in [4.69, 9.17) is 4.52 Å². The number of rotatable bonds is 5. The van der Waals surface area contributed by atoms with Crippen molar-refractivity contribution >= 4 is 5.91 Å². The van der Waals surface area contributed by atoms with Gasteiger partial charge in [-0.25, -0.2) is 4.98 Å². The van der Waals surface area contributed by atoms with Gasteiger partial charge in [0.25, 0.3) is 5.91 Å². The van der Waals surface area contributed by atoms with Gasteiger partial charge in [-0.2, -0.15) is 0 Å². The molecule has 0 N–H and O–H groups in total. The van der Waals surface area contributed by atoms with Gasteiger partial charge in [0.15, 0.2) is 0 Å². The Morgan fingerprint density at radius 1 is 1.29 bits per heavy atom. The number of piperidine rings is 1. The third kappa shape index (κ3) is 3.83. The fraction of sp³-hybridized carbons (Fsp3) is 0.429. The molecule has 0 unspecified atom stereocenters. The van der Waals surface area contributed by atoms with Crippen LogP contribution in [0, 0.1) is 0 Å². The quantitative estimate of drug-likeness (QED) is 0.678. The van der Waals surface area contributed by atoms with Crippen LogP contribution in [0.15, 0.2) is 47.4 Å². The van der Waals surface area contributed by atoms with Crippen molar-refractivity contribution < 1.29 is 9.32 Å². The lowest BCUT2D eigenvalue weighted by Gasteiger charge is -2.32. The van der Waals surface area contributed by atoms with Crippen LogP contribution < -0.4 is 0 Å². The molecule has 3 aromatic rings. The molecule has 1 saturated heterocycles. The summed E-state index contributed by atoms with van der Waals surface area (Å²) < 4.78 is 7.43. The highest BCUT2D eigenvalue weighted by molar-refractivity contribution is 5.91. The zero-order valence-corrected chi connectivity index (χ0v) is 16.3. The van der Waals surface area contributed by atoms with Gasteiger partial charge in [-0.05, 0) is 30.9 Å². The highest BCUT2D eigenvalue weighted by Crippen LogP contribution is 2.27. The second kappa shape index (κ2) is 7.96. The van der Waals surface area contributed by atoms with Crippen LogP contribution in [0.3, 0.4) is 0 Å². The standard InChI is InChI=1S/C21H25N5O2/c1-15(2)18-12-19(28-24-18)21(27)26-10-5-6-16(13-26)20-23-9-11-25(20)14-17-7-3-4-8-22-17/h3-4,7-9,11-12,15-16H,5-6,10,13-14H2,1-2H3/t16-/m0/s1. The molecule has 1 aliphatic heterocycles. The normalized spacial score (nSPS) is 17.2. The maximum Gasteiger partial charge on any atom is 0.292 e. The fourth-order valence-electron chi connectivity index (χ4n) is 3.67. The Kier molecular flexibility index (Phi) is 5.23. The third-order valence-corrected chi connectivity index (χ3v) is 5.21. The number of imidazole rings is 1. The molecule has 1 aliphatic rings. The van der Waals surface area contributed by atoms with E-state index in [1.54, 1.807) is 12.3 Å². The Hall–Kier alpha value is -2.96. The van der Waals surface area contributed by atoms with Crippen LogP contribution in [0.1, 0.15) is 66.3 Å². The molecule has 0 spiro atoms. The minimum atomic E-state index is -0.0908. The first-order valence-electron chi connectivity index (χ1n) is 9.78. The van der Waals surface area contributed by atoms with E-state index < -0.39 is 0 Å². The van der Waals surface area contributed by atoms with Crippen molar-refractivity contribution in [1.29, 1.82) is 0 Å². The van der Waals surface area contributed by atoms with E-state index in [0.29, 0.717) is 18.8 Å². The lowest BCUT2D eigenvalue weighted by Crippen LogP contribution is -2.39. The van der Waals surface area contributed by atoms with E-state index >= 15 is 0 Å². The molecule has 146 valence electrons. The monoisotopic (exact) mass is 379 g/mol. The molecule has 7 heteroatoms. The number of nitrogens with zero attached hydrogens (tertiary/aromatic N) is 5. The van der Waals surface area contributed by atoms with Gasteiger partial charge < -0.3 is 14.0 Å². The van der Waals surface area contributed by atoms with Gasteiger partial charge in [0.05, 0.1) is 17.9 Å². The summed E-state index contributed by atoms with van der Waals surface area (Å²) in [5, 5.41) is 4.02. The molecule has 7 nitrogen and oxygen atoms in total. The molecule has 0 saturated carbocycles. The average Bonchev–Trinajstić information content (AvgIpc) is 3.38. The molecule has 1 atom stereocenters. The predicted molar refractivity (Wildman–Crippen MR) is 104 cm³/mol. The Balaban J connectivity index is 1.48. The molecule has 1 fully saturated rings. The van der Waals surface area contributed by atoms with Crippen LogP contribution in [-0.2, 0) is 6.54 Å². The maximum absolute atomic E-state index is 12.9. The van der Waals surface area contributed by atoms with Crippen LogP contribution in [0.4, 0.5) is 0 Å². The number of amides is 1. The van der Waals surface area contributed by atoms with E-state index in [-0.39, 0.29) is 17.7 Å². The number of hydrogen-bond acceptors (Lipinski definition) is 5. The van der Waals surface area contributed by atoms with Crippen LogP contribution in [0.25, 0.3) is 0 Å². The van der Waals surface area contributed by atoms with Crippen molar-refractivity contribution in [3.05, 3.63) is 65.8 Å². The van der Waals surface area contributed by atoms with Crippen molar-refractivity contribution in [2.75, 3.05) is 13.1 Å². The average molecular weight is 379 g/mol. The molecular weight excluding hydrogens is 354 g/mol. The zero-order chi connectivity index (χ0) is 19.5. The van der Waals surface area contributed by atoms with E-state index in [1.165, 1.54) is 0 Å². The Bertz CT molecular complexity index is 931. The molecule has 28 heavy (non-hydrogen) atoms. The second-order valence-corrected chi connectivity index (χ2v) is 7.60. The van der Waals surface area contributed by atoms with Gasteiger partial charge >= 0.3 is 0 Å². The molecular formula is C21H25N5O2. The molecule has 1 amide bonds. The summed E-state index contributed by atoms with van der Waals surface area (Å²) in [6.07, 6.45) is 7.56. The summed E-state index contributed by atoms with van der Waals surface area (Å²) in [4.78, 5) is 23.7. The van der Waals surface area contributed by atoms with E-state index in [2.05, 4.69) is 19.7 Å². The van der Waals surface area contributed by atoms with Crippen molar-refractivity contribution in [2.45, 2.75) is 45.1 Å². The minimum Gasteiger partial charge on any atom is -0.351 e. The van der Waals surface area contributed by atoms with E-state index in [1.807, 2.05) is 49.3 Å². The van der Waals surface area contributed by atoms with Crippen LogP contribution in [0.5, 0.6) is 0 Å². The first-order valence-corrected chi connectivity index (χ1v) is 9.78. The van der Waals surface area contributed by atoms with Gasteiger partial charge in [0.1, 0.15) is 5.82 Å². The molecule has 0 aromatic carbocycles. The highest BCUT2D eigenvalue weighted by atomic mass is 16.5. The maximum atomic E-state index is 12.9. The summed E-state index contributed by atoms with van der Waals surface area (Å²) in [5.41, 5.74) is 1.80. The molecule has 4 heterocycles. The van der Waals surface area contributed by atoms with Crippen molar-refractivity contribution in [3.8, 4) is 0 Å². The van der Waals surface area contributed by atoms with Crippen LogP contribution >= 0.6 is 0 Å². The summed E-state index contributed by atoms with van der Waals surface area (Å²) >= 11 is 0. The van der Waals surface area contributed by atoms with E-state index in [0.717, 1.165) is 36.6 Å². The number of likely N-dealkylation sites (tertiary alicyclic amines) is 1. The number of pyridine rings is 1. The Labute approximate surface area is 164 Å². The van der Waals surface area contributed by atoms with Gasteiger partial charge in [-0.1, -0.05) is 25.1 Å². The SMILES string of the molecule is CC(C)c1cc(C(=O)N2CCC[C@H](c3nccn3Cc3ccccn3)C2)on1. The second-order valence-electron chi connectivity index (χ2n) is 7.60. The summed E-state index contributed by atoms with van der Waals surface area (Å²) in [6, 6.07) is 7.68. The first-order chi connectivity index (χ1) is 13.6. The van der Waals surface area contributed by atoms with Gasteiger partial charge in [-0.15, -0.1) is 0 Å². The summed E-state index contributed by atoms with van der Waals surface area (Å²) in [5.74, 6) is 1.67. The fourth-order valence-corrected chi connectivity index (χ4v) is 3.67. The molecule has 0 bridgehead atoms. The molecule has 3 aromatic heterocycles. The van der Waals surface area contributed by atoms with Gasteiger partial charge in [0.2, 0.25) is 5.76 Å². The number of carbonyl (C=O) groups is 1. The lowest BCUT2D eigenvalue weighted by atomic mass is 9.96. The number of aromatic nitrogens is 4. The van der Waals surface area contributed by atoms with Crippen molar-refractivity contribution in [2.24, 2.45) is 0 Å². The largest absolute Gasteiger partial charge is 0.351 e. The third-order valence-electron chi connectivity index (χ3n) is 5.21. The number of carbonyl (C=O) groups excluding carboxylic acids is 1. The number of hydrogen-bond donors (Lipinski definition) is 0. The van der Waals surface area contributed by atoms with Gasteiger partial charge in [0, 0.05) is 43.7 Å². The van der Waals surface area contributed by atoms with Crippen LogP contribution in [0.2, 0.25) is 0 Å². The minimum absolute atomic E-state index is 0.0908. The summed E-state index contributed by atoms with van der Waals surface area (Å²) in [6.45, 7) is 6.11. The summed E-state index contributed by atoms with van der Waals surface area (Å²) in [7, 11) is 0. The topological polar surface area (TPSA) is 77.0 Å². The van der Waals surface area contributed by atoms with E-state index in [9.17, 15) is 4.79 Å². The predicted octanol–water partition coefficient (Wildman–Crippen LogP) is 3.46. The lowest BCUT2D eigenvalue weighted by molar-refractivity contribution is 0.0661. The Morgan fingerprint density at radius 2 is 2.18 bits per heavy atom. The molecule has 0 aliphatic carbocycles. The Morgan fingerprint density at radius 3 is 2.93 bits per heavy atom. The van der Waals surface area contributed by atoms with Crippen LogP contribution in [-0.4, -0.2) is 43.6 Å². The highest BCUT2D eigenvalue weighted by Gasteiger charge is 2.30. The zero-order valence-electron chi connectivity index (χ0n) is 16.3. The molecule has 4 rings (SSSR count). The smallest absolute Gasteiger partial charge is 0.292 e. The van der Waals surface area contributed by atoms with Gasteiger partial charge in [-0.3, -0.25) is 9.78 Å².